The normalized spacial score (nSPS) is 29.6. The molecule has 2 radical (unpaired) electrons. The van der Waals surface area contributed by atoms with Gasteiger partial charge in [-0.05, 0) is 72.3 Å². The third-order valence-corrected chi connectivity index (χ3v) is 19.9. The summed E-state index contributed by atoms with van der Waals surface area (Å²) < 4.78 is 31.4. The van der Waals surface area contributed by atoms with Crippen LogP contribution in [0.5, 0.6) is 0 Å². The van der Waals surface area contributed by atoms with Gasteiger partial charge in [0.2, 0.25) is 0 Å². The number of alkyl carbamates (subject to hydrolysis) is 1. The second-order valence-electron chi connectivity index (χ2n) is 18.8. The Bertz CT molecular complexity index is 2220. The molecule has 66 heavy (non-hydrogen) atoms. The van der Waals surface area contributed by atoms with E-state index in [1.54, 1.807) is 82.3 Å². The Morgan fingerprint density at radius 3 is 2.00 bits per heavy atom. The SMILES string of the molecule is CC[Si](CC)(CC)O[C@@H](C(=O)OC1CC2(O)[C@@H](OC(=O)c3ccccc3)C3C4(O)COC4CC[C@@]3(C)C(=O)C(O)C(=C1C)C2(C)C)C(NC(=O)OCc1ccccc1)c1ccccc1.[Ac].[Ac]. The van der Waals surface area contributed by atoms with Gasteiger partial charge >= 0.3 is 18.0 Å². The van der Waals surface area contributed by atoms with E-state index in [1.165, 1.54) is 0 Å². The fraction of sp³-hybridized carbons (Fsp3) is 0.520. The van der Waals surface area contributed by atoms with Crippen LogP contribution in [0.3, 0.4) is 0 Å². The van der Waals surface area contributed by atoms with E-state index in [0.717, 1.165) is 5.56 Å². The maximum Gasteiger partial charge on any atom is 0.408 e. The molecule has 3 fully saturated rings. The molecule has 7 rings (SSSR count). The van der Waals surface area contributed by atoms with Crippen molar-refractivity contribution in [2.75, 3.05) is 6.61 Å². The Kier molecular flexibility index (Phi) is 18.4. The van der Waals surface area contributed by atoms with Gasteiger partial charge in [-0.3, -0.25) is 4.79 Å². The first-order valence-electron chi connectivity index (χ1n) is 22.6. The molecule has 1 saturated heterocycles. The number of ether oxygens (including phenoxy) is 4. The van der Waals surface area contributed by atoms with Gasteiger partial charge in [-0.1, -0.05) is 120 Å². The second kappa shape index (κ2) is 22.1. The Labute approximate surface area is 460 Å². The summed E-state index contributed by atoms with van der Waals surface area (Å²) in [6.07, 6.45) is -7.44. The van der Waals surface area contributed by atoms with Crippen molar-refractivity contribution >= 4 is 32.1 Å². The summed E-state index contributed by atoms with van der Waals surface area (Å²) >= 11 is 0. The van der Waals surface area contributed by atoms with Crippen LogP contribution in [0.15, 0.2) is 102 Å². The van der Waals surface area contributed by atoms with E-state index in [-0.39, 0.29) is 125 Å². The van der Waals surface area contributed by atoms with Crippen LogP contribution in [0.25, 0.3) is 0 Å². The Morgan fingerprint density at radius 2 is 1.44 bits per heavy atom. The fourth-order valence-electron chi connectivity index (χ4n) is 11.0. The molecule has 7 unspecified atom stereocenters. The molecule has 0 aromatic heterocycles. The van der Waals surface area contributed by atoms with Crippen molar-refractivity contribution < 1.29 is 146 Å². The molecule has 4 aliphatic rings. The molecule has 2 saturated carbocycles. The Hall–Kier alpha value is -1.82. The molecule has 3 aliphatic carbocycles. The number of hydrogen-bond acceptors (Lipinski definition) is 12. The number of amides is 1. The molecule has 1 heterocycles. The minimum Gasteiger partial charge on any atom is -0.456 e. The number of carbonyl (C=O) groups is 4. The van der Waals surface area contributed by atoms with E-state index < -0.39 is 96.6 Å². The third kappa shape index (κ3) is 10.2. The summed E-state index contributed by atoms with van der Waals surface area (Å²) in [5, 5.41) is 41.4. The standard InChI is InChI=1S/C50H63NO12Si.2Ac/c1-8-64(9-2,10-3)63-40(38(33-22-16-12-17-23-33)51-46(56)59-29-32-20-14-11-15-21-32)45(55)61-35-28-50(58)43(62-44(54)34-24-18-13-19-25-34)41-48(7,27-26-36-49(41,57)30-60-36)42(53)39(52)37(31(35)4)47(50,5)6;;/h11-25,35-36,38-41,43,52,57-58H,8-10,26-30H2,1-7H3,(H,51,56);;/t35?,36?,38?,39?,40-,41?,43+,48-,49?,50?;;/m1../s1. The van der Waals surface area contributed by atoms with Gasteiger partial charge in [-0.15, -0.1) is 0 Å². The first-order chi connectivity index (χ1) is 30.4. The van der Waals surface area contributed by atoms with Crippen LogP contribution in [-0.4, -0.2) is 95.8 Å². The van der Waals surface area contributed by atoms with Crippen molar-refractivity contribution in [3.63, 3.8) is 0 Å². The molecule has 16 heteroatoms. The maximum absolute atomic E-state index is 15.2. The van der Waals surface area contributed by atoms with Gasteiger partial charge in [0.1, 0.15) is 36.1 Å². The molecule has 350 valence electrons. The zero-order valence-corrected chi connectivity index (χ0v) is 49.5. The number of fused-ring (bicyclic) bond motifs is 5. The summed E-state index contributed by atoms with van der Waals surface area (Å²) in [7, 11) is -2.68. The molecule has 10 atom stereocenters. The smallest absolute Gasteiger partial charge is 0.408 e. The zero-order valence-electron chi connectivity index (χ0n) is 39.0. The molecular weight excluding hydrogens is 1290 g/mol. The first kappa shape index (κ1) is 55.1. The van der Waals surface area contributed by atoms with Gasteiger partial charge in [0.05, 0.1) is 24.3 Å². The predicted octanol–water partition coefficient (Wildman–Crippen LogP) is 7.15. The van der Waals surface area contributed by atoms with E-state index in [9.17, 15) is 29.7 Å². The van der Waals surface area contributed by atoms with Crippen molar-refractivity contribution in [3.8, 4) is 0 Å². The van der Waals surface area contributed by atoms with Gasteiger partial charge in [-0.25, -0.2) is 14.4 Å². The number of hydrogen-bond donors (Lipinski definition) is 4. The largest absolute Gasteiger partial charge is 0.456 e. The Balaban J connectivity index is 0.00000408. The van der Waals surface area contributed by atoms with Crippen molar-refractivity contribution in [2.45, 2.75) is 140 Å². The molecule has 3 aromatic rings. The zero-order chi connectivity index (χ0) is 46.2. The van der Waals surface area contributed by atoms with Gasteiger partial charge in [-0.2, -0.15) is 0 Å². The number of rotatable bonds is 14. The maximum atomic E-state index is 15.2. The van der Waals surface area contributed by atoms with Crippen molar-refractivity contribution in [1.82, 2.24) is 5.32 Å². The molecule has 1 aliphatic heterocycles. The number of carbonyl (C=O) groups excluding carboxylic acids is 4. The van der Waals surface area contributed by atoms with Crippen LogP contribution in [-0.2, 0) is 39.6 Å². The fourth-order valence-corrected chi connectivity index (χ4v) is 13.8. The number of esters is 2. The topological polar surface area (TPSA) is 187 Å². The molecule has 1 amide bonds. The first-order valence-corrected chi connectivity index (χ1v) is 25.1. The summed E-state index contributed by atoms with van der Waals surface area (Å²) in [5.74, 6) is -3.50. The minimum absolute atomic E-state index is 0. The van der Waals surface area contributed by atoms with E-state index in [2.05, 4.69) is 5.32 Å². The van der Waals surface area contributed by atoms with Crippen LogP contribution in [0, 0.1) is 105 Å². The summed E-state index contributed by atoms with van der Waals surface area (Å²) in [4.78, 5) is 58.0. The van der Waals surface area contributed by atoms with Crippen LogP contribution >= 0.6 is 0 Å². The van der Waals surface area contributed by atoms with E-state index in [1.807, 2.05) is 57.2 Å². The van der Waals surface area contributed by atoms with Gasteiger partial charge in [0.15, 0.2) is 20.2 Å². The van der Waals surface area contributed by atoms with Crippen LogP contribution in [0.2, 0.25) is 18.1 Å². The van der Waals surface area contributed by atoms with Crippen molar-refractivity contribution in [2.24, 2.45) is 16.7 Å². The summed E-state index contributed by atoms with van der Waals surface area (Å²) in [6.45, 7) is 12.5. The van der Waals surface area contributed by atoms with E-state index >= 15 is 4.79 Å². The number of nitrogens with one attached hydrogen (secondary N) is 1. The Morgan fingerprint density at radius 1 is 0.864 bits per heavy atom. The molecular formula is C50H63Ac2NO12Si. The minimum atomic E-state index is -2.68. The number of ketones is 1. The monoisotopic (exact) mass is 1350 g/mol. The average Bonchev–Trinajstić information content (AvgIpc) is 3.29. The van der Waals surface area contributed by atoms with Gasteiger partial charge in [0.25, 0.3) is 0 Å². The number of benzene rings is 3. The second-order valence-corrected chi connectivity index (χ2v) is 23.6. The third-order valence-electron chi connectivity index (χ3n) is 15.2. The molecule has 2 bridgehead atoms. The molecule has 0 spiro atoms. The molecule has 4 N–H and O–H groups in total. The average molecular weight is 1350 g/mol. The molecule has 13 nitrogen and oxygen atoms in total. The van der Waals surface area contributed by atoms with E-state index in [4.69, 9.17) is 23.4 Å². The van der Waals surface area contributed by atoms with Crippen LogP contribution in [0.1, 0.15) is 95.3 Å². The summed E-state index contributed by atoms with van der Waals surface area (Å²) in [6, 6.07) is 27.2. The van der Waals surface area contributed by atoms with Gasteiger partial charge in [0, 0.05) is 111 Å². The molecule has 3 aromatic carbocycles. The summed E-state index contributed by atoms with van der Waals surface area (Å²) in [5.41, 5.74) is -4.88. The number of Topliss-reactive ketones (excluding diaryl/α,β-unsaturated/α-hetero) is 1. The van der Waals surface area contributed by atoms with Crippen molar-refractivity contribution in [1.29, 1.82) is 0 Å². The van der Waals surface area contributed by atoms with Crippen LogP contribution in [0.4, 0.5) is 4.79 Å². The number of aliphatic hydroxyl groups is 3. The van der Waals surface area contributed by atoms with Crippen LogP contribution < -0.4 is 5.32 Å². The quantitative estimate of drug-likeness (QED) is 0.0554. The predicted molar refractivity (Wildman–Crippen MR) is 239 cm³/mol. The van der Waals surface area contributed by atoms with Gasteiger partial charge < -0.3 is 44.0 Å². The number of aliphatic hydroxyl groups excluding tert-OH is 1. The van der Waals surface area contributed by atoms with E-state index in [0.29, 0.717) is 35.7 Å². The van der Waals surface area contributed by atoms with Crippen molar-refractivity contribution in [3.05, 3.63) is 119 Å².